The highest BCUT2D eigenvalue weighted by molar-refractivity contribution is 6.28. The molecule has 0 unspecified atom stereocenters. The third-order valence-corrected chi connectivity index (χ3v) is 5.88. The van der Waals surface area contributed by atoms with Crippen molar-refractivity contribution in [3.05, 3.63) is 83.4 Å². The van der Waals surface area contributed by atoms with Crippen LogP contribution < -0.4 is 18.9 Å². The molecule has 0 radical (unpaired) electrons. The van der Waals surface area contributed by atoms with Crippen molar-refractivity contribution >= 4 is 44.7 Å². The zero-order valence-corrected chi connectivity index (χ0v) is 20.5. The Balaban J connectivity index is 1.38. The topological polar surface area (TPSA) is 114 Å². The van der Waals surface area contributed by atoms with Gasteiger partial charge in [-0.2, -0.15) is 19.9 Å². The van der Waals surface area contributed by atoms with Crippen LogP contribution >= 0.6 is 23.2 Å². The van der Waals surface area contributed by atoms with Crippen molar-refractivity contribution in [2.45, 2.75) is 0 Å². The quantitative estimate of drug-likeness (QED) is 0.195. The van der Waals surface area contributed by atoms with Crippen LogP contribution in [0, 0.1) is 0 Å². The van der Waals surface area contributed by atoms with Gasteiger partial charge in [-0.25, -0.2) is 0 Å². The van der Waals surface area contributed by atoms with E-state index in [2.05, 4.69) is 29.9 Å². The van der Waals surface area contributed by atoms with Crippen LogP contribution in [0.5, 0.6) is 47.0 Å². The molecule has 12 heteroatoms. The van der Waals surface area contributed by atoms with Crippen LogP contribution in [0.3, 0.4) is 0 Å². The van der Waals surface area contributed by atoms with Crippen LogP contribution in [0.1, 0.15) is 0 Å². The van der Waals surface area contributed by atoms with E-state index in [9.17, 15) is 0 Å². The first-order valence-electron chi connectivity index (χ1n) is 11.1. The maximum absolute atomic E-state index is 6.13. The molecule has 0 spiro atoms. The van der Waals surface area contributed by atoms with Gasteiger partial charge >= 0.3 is 24.0 Å². The van der Waals surface area contributed by atoms with E-state index in [4.69, 9.17) is 42.1 Å². The molecule has 2 aromatic heterocycles. The number of nitrogens with zero attached hydrogens (tertiary/aromatic N) is 6. The summed E-state index contributed by atoms with van der Waals surface area (Å²) < 4.78 is 23.5. The summed E-state index contributed by atoms with van der Waals surface area (Å²) in [7, 11) is 0. The molecule has 3 heterocycles. The SMILES string of the molecule is Clc1nc2nc(n1)Oc1ccc3ccc(cc3c1)Oc1nc(Cl)nc(n1)Oc1ccc3ccc(cc3c1)O2. The molecule has 0 saturated heterocycles. The summed E-state index contributed by atoms with van der Waals surface area (Å²) >= 11 is 12.3. The van der Waals surface area contributed by atoms with Gasteiger partial charge in [-0.1, -0.05) is 24.3 Å². The first kappa shape index (κ1) is 22.4. The van der Waals surface area contributed by atoms with Crippen LogP contribution in [0.2, 0.25) is 10.6 Å². The molecular weight excluding hydrogens is 531 g/mol. The minimum Gasteiger partial charge on any atom is -0.424 e. The minimum absolute atomic E-state index is 0.0232. The molecule has 1 aliphatic rings. The van der Waals surface area contributed by atoms with Gasteiger partial charge in [0.05, 0.1) is 0 Å². The Morgan fingerprint density at radius 3 is 0.947 bits per heavy atom. The summed E-state index contributed by atoms with van der Waals surface area (Å²) in [5.41, 5.74) is 0. The standard InChI is InChI=1S/C26H12Cl2N6O4/c27-21-29-23-33-24(30-21)37-19-7-3-14-4-8-20(12-16(14)11-19)38-26-32-22(28)31-25(34-26)36-18-6-2-13-1-5-17(35-23)9-15(13)10-18/h1-12H. The third kappa shape index (κ3) is 4.54. The molecule has 4 aromatic carbocycles. The number of benzene rings is 4. The van der Waals surface area contributed by atoms with Gasteiger partial charge in [0, 0.05) is 0 Å². The largest absolute Gasteiger partial charge is 0.424 e. The lowest BCUT2D eigenvalue weighted by Crippen LogP contribution is -1.99. The number of hydrogen-bond donors (Lipinski definition) is 0. The molecule has 10 nitrogen and oxygen atoms in total. The lowest BCUT2D eigenvalue weighted by Gasteiger charge is -2.11. The smallest absolute Gasteiger partial charge is 0.329 e. The number of fused-ring (bicyclic) bond motifs is 8. The summed E-state index contributed by atoms with van der Waals surface area (Å²) in [5.74, 6) is 1.87. The lowest BCUT2D eigenvalue weighted by molar-refractivity contribution is 0.397. The van der Waals surface area contributed by atoms with Crippen molar-refractivity contribution in [1.29, 1.82) is 0 Å². The van der Waals surface area contributed by atoms with E-state index >= 15 is 0 Å². The second-order valence-corrected chi connectivity index (χ2v) is 8.77. The molecule has 0 N–H and O–H groups in total. The van der Waals surface area contributed by atoms with Crippen molar-refractivity contribution < 1.29 is 18.9 Å². The fraction of sp³-hybridized carbons (Fsp3) is 0. The number of halogens is 2. The van der Waals surface area contributed by atoms with Crippen molar-refractivity contribution in [3.63, 3.8) is 0 Å². The van der Waals surface area contributed by atoms with Crippen LogP contribution in [-0.2, 0) is 0 Å². The summed E-state index contributed by atoms with van der Waals surface area (Å²) in [6, 6.07) is 21.8. The number of hydrogen-bond acceptors (Lipinski definition) is 10. The fourth-order valence-electron chi connectivity index (χ4n) is 3.89. The molecule has 0 saturated carbocycles. The van der Waals surface area contributed by atoms with E-state index in [0.717, 1.165) is 21.5 Å². The maximum atomic E-state index is 6.13. The van der Waals surface area contributed by atoms with E-state index in [1.54, 1.807) is 48.5 Å². The predicted molar refractivity (Wildman–Crippen MR) is 138 cm³/mol. The predicted octanol–water partition coefficient (Wildman–Crippen LogP) is 7.15. The second kappa shape index (κ2) is 8.94. The van der Waals surface area contributed by atoms with E-state index in [1.807, 2.05) is 24.3 Å². The van der Waals surface area contributed by atoms with Gasteiger partial charge in [-0.3, -0.25) is 0 Å². The van der Waals surface area contributed by atoms with Crippen molar-refractivity contribution in [2.24, 2.45) is 0 Å². The highest BCUT2D eigenvalue weighted by Crippen LogP contribution is 2.32. The minimum atomic E-state index is -0.0765. The second-order valence-electron chi connectivity index (χ2n) is 8.09. The fourth-order valence-corrected chi connectivity index (χ4v) is 4.18. The first-order valence-corrected chi connectivity index (χ1v) is 11.9. The van der Waals surface area contributed by atoms with Crippen LogP contribution in [-0.4, -0.2) is 29.9 Å². The Morgan fingerprint density at radius 2 is 0.658 bits per heavy atom. The Bertz CT molecular complexity index is 1630. The molecular formula is C26H12Cl2N6O4. The average molecular weight is 543 g/mol. The number of aromatic nitrogens is 6. The molecule has 0 amide bonds. The van der Waals surface area contributed by atoms with Gasteiger partial charge in [-0.05, 0) is 93.3 Å². The third-order valence-electron chi connectivity index (χ3n) is 5.54. The Hall–Kier alpha value is -4.80. The van der Waals surface area contributed by atoms with Crippen LogP contribution in [0.25, 0.3) is 21.5 Å². The van der Waals surface area contributed by atoms with Gasteiger partial charge in [-0.15, -0.1) is 9.97 Å². The van der Waals surface area contributed by atoms with Crippen LogP contribution in [0.15, 0.2) is 72.8 Å². The van der Waals surface area contributed by atoms with Crippen molar-refractivity contribution in [3.8, 4) is 47.0 Å². The summed E-state index contributed by atoms with van der Waals surface area (Å²) in [6.07, 6.45) is 0. The highest BCUT2D eigenvalue weighted by Gasteiger charge is 2.14. The first-order chi connectivity index (χ1) is 18.5. The monoisotopic (exact) mass is 542 g/mol. The normalized spacial score (nSPS) is 12.3. The number of ether oxygens (including phenoxy) is 4. The maximum Gasteiger partial charge on any atom is 0.329 e. The van der Waals surface area contributed by atoms with Gasteiger partial charge in [0.15, 0.2) is 0 Å². The zero-order valence-electron chi connectivity index (χ0n) is 19.0. The number of rotatable bonds is 0. The van der Waals surface area contributed by atoms with Gasteiger partial charge in [0.25, 0.3) is 0 Å². The molecule has 0 aliphatic carbocycles. The average Bonchev–Trinajstić information content (AvgIpc) is 2.87. The Kier molecular flexibility index (Phi) is 5.27. The van der Waals surface area contributed by atoms with Gasteiger partial charge < -0.3 is 18.9 Å². The molecule has 38 heavy (non-hydrogen) atoms. The lowest BCUT2D eigenvalue weighted by atomic mass is 10.1. The molecule has 0 fully saturated rings. The van der Waals surface area contributed by atoms with Crippen LogP contribution in [0.4, 0.5) is 0 Å². The van der Waals surface area contributed by atoms with E-state index < -0.39 is 0 Å². The van der Waals surface area contributed by atoms with Crippen molar-refractivity contribution in [2.75, 3.05) is 0 Å². The van der Waals surface area contributed by atoms with E-state index in [-0.39, 0.29) is 34.6 Å². The van der Waals surface area contributed by atoms with E-state index in [0.29, 0.717) is 23.0 Å². The molecule has 184 valence electrons. The summed E-state index contributed by atoms with van der Waals surface area (Å²) in [4.78, 5) is 24.8. The highest BCUT2D eigenvalue weighted by atomic mass is 35.5. The molecule has 0 atom stereocenters. The molecule has 10 bridgehead atoms. The molecule has 7 rings (SSSR count). The molecule has 1 aliphatic heterocycles. The van der Waals surface area contributed by atoms with E-state index in [1.165, 1.54) is 0 Å². The summed E-state index contributed by atoms with van der Waals surface area (Å²) in [5, 5.41) is 3.36. The molecule has 6 aromatic rings. The van der Waals surface area contributed by atoms with Gasteiger partial charge in [0.2, 0.25) is 10.6 Å². The van der Waals surface area contributed by atoms with Gasteiger partial charge in [0.1, 0.15) is 23.0 Å². The summed E-state index contributed by atoms with van der Waals surface area (Å²) in [6.45, 7) is 0. The van der Waals surface area contributed by atoms with Crippen molar-refractivity contribution in [1.82, 2.24) is 29.9 Å². The Morgan fingerprint density at radius 1 is 0.368 bits per heavy atom. The zero-order chi connectivity index (χ0) is 25.6. The Labute approximate surface area is 223 Å².